The second-order valence-electron chi connectivity index (χ2n) is 3.57. The van der Waals surface area contributed by atoms with Gasteiger partial charge in [-0.25, -0.2) is 0 Å². The third kappa shape index (κ3) is 2.20. The van der Waals surface area contributed by atoms with E-state index < -0.39 is 5.91 Å². The Labute approximate surface area is 97.7 Å². The van der Waals surface area contributed by atoms with Crippen molar-refractivity contribution in [3.05, 3.63) is 36.0 Å². The van der Waals surface area contributed by atoms with E-state index in [1.54, 1.807) is 29.9 Å². The Hall–Kier alpha value is -2.50. The summed E-state index contributed by atoms with van der Waals surface area (Å²) in [4.78, 5) is 15.7. The van der Waals surface area contributed by atoms with Crippen LogP contribution in [0.15, 0.2) is 30.5 Å². The van der Waals surface area contributed by atoms with E-state index in [-0.39, 0.29) is 11.3 Å². The zero-order valence-corrected chi connectivity index (χ0v) is 9.21. The molecule has 6 nitrogen and oxygen atoms in total. The van der Waals surface area contributed by atoms with E-state index in [1.807, 2.05) is 0 Å². The van der Waals surface area contributed by atoms with Gasteiger partial charge in [0.25, 0.3) is 5.91 Å². The predicted molar refractivity (Wildman–Crippen MR) is 63.7 cm³/mol. The zero-order valence-electron chi connectivity index (χ0n) is 9.21. The summed E-state index contributed by atoms with van der Waals surface area (Å²) in [6, 6.07) is 6.28. The summed E-state index contributed by atoms with van der Waals surface area (Å²) >= 11 is 0. The van der Waals surface area contributed by atoms with Gasteiger partial charge in [0.05, 0.1) is 5.56 Å². The normalized spacial score (nSPS) is 10.2. The molecule has 0 aliphatic carbocycles. The molecule has 2 aromatic rings. The maximum absolute atomic E-state index is 11.8. The van der Waals surface area contributed by atoms with Crippen LogP contribution in [0.25, 0.3) is 0 Å². The van der Waals surface area contributed by atoms with Gasteiger partial charge in [0, 0.05) is 13.2 Å². The van der Waals surface area contributed by atoms with Crippen LogP contribution in [0.4, 0.5) is 11.8 Å². The van der Waals surface area contributed by atoms with Gasteiger partial charge in [0.1, 0.15) is 5.75 Å². The molecule has 0 unspecified atom stereocenters. The molecule has 0 fully saturated rings. The summed E-state index contributed by atoms with van der Waals surface area (Å²) in [5.74, 6) is 0.144. The average molecular weight is 232 g/mol. The molecule has 2 rings (SSSR count). The number of nitrogen functional groups attached to an aromatic ring is 1. The highest BCUT2D eigenvalue weighted by molar-refractivity contribution is 6.05. The summed E-state index contributed by atoms with van der Waals surface area (Å²) in [6.07, 6.45) is 1.59. The Morgan fingerprint density at radius 2 is 2.18 bits per heavy atom. The van der Waals surface area contributed by atoms with Gasteiger partial charge in [-0.3, -0.25) is 4.79 Å². The van der Waals surface area contributed by atoms with Gasteiger partial charge in [-0.15, -0.1) is 0 Å². The van der Waals surface area contributed by atoms with Crippen LogP contribution in [0.5, 0.6) is 5.75 Å². The third-order valence-corrected chi connectivity index (χ3v) is 2.30. The number of hydrogen-bond acceptors (Lipinski definition) is 4. The van der Waals surface area contributed by atoms with Crippen molar-refractivity contribution in [2.24, 2.45) is 7.05 Å². The van der Waals surface area contributed by atoms with E-state index in [1.165, 1.54) is 12.1 Å². The summed E-state index contributed by atoms with van der Waals surface area (Å²) < 4.78 is 1.58. The number of nitrogens with two attached hydrogens (primary N) is 1. The van der Waals surface area contributed by atoms with Crippen LogP contribution in [0.1, 0.15) is 10.4 Å². The molecule has 1 aromatic carbocycles. The Bertz CT molecular complexity index is 543. The number of amides is 1. The number of anilines is 2. The maximum atomic E-state index is 11.8. The minimum absolute atomic E-state index is 0.0751. The number of aromatic hydroxyl groups is 1. The number of rotatable bonds is 2. The van der Waals surface area contributed by atoms with Gasteiger partial charge >= 0.3 is 0 Å². The van der Waals surface area contributed by atoms with Crippen molar-refractivity contribution in [1.82, 2.24) is 9.55 Å². The van der Waals surface area contributed by atoms with Crippen LogP contribution < -0.4 is 11.1 Å². The summed E-state index contributed by atoms with van der Waals surface area (Å²) in [7, 11) is 1.72. The molecule has 1 amide bonds. The van der Waals surface area contributed by atoms with Gasteiger partial charge < -0.3 is 20.7 Å². The first kappa shape index (κ1) is 11.0. The number of phenols is 1. The number of nitrogens with one attached hydrogen (secondary N) is 1. The smallest absolute Gasteiger partial charge is 0.260 e. The molecule has 17 heavy (non-hydrogen) atoms. The van der Waals surface area contributed by atoms with E-state index in [9.17, 15) is 9.90 Å². The van der Waals surface area contributed by atoms with Crippen molar-refractivity contribution in [2.75, 3.05) is 11.1 Å². The van der Waals surface area contributed by atoms with Gasteiger partial charge in [-0.05, 0) is 12.1 Å². The Morgan fingerprint density at radius 1 is 1.47 bits per heavy atom. The highest BCUT2D eigenvalue weighted by atomic mass is 16.3. The fraction of sp³-hybridized carbons (Fsp3) is 0.0909. The summed E-state index contributed by atoms with van der Waals surface area (Å²) in [5, 5.41) is 12.1. The first-order chi connectivity index (χ1) is 8.08. The number of carbonyl (C=O) groups is 1. The first-order valence-corrected chi connectivity index (χ1v) is 4.96. The van der Waals surface area contributed by atoms with Crippen molar-refractivity contribution in [1.29, 1.82) is 0 Å². The molecule has 0 bridgehead atoms. The van der Waals surface area contributed by atoms with Crippen LogP contribution in [0.3, 0.4) is 0 Å². The topological polar surface area (TPSA) is 93.2 Å². The van der Waals surface area contributed by atoms with E-state index in [2.05, 4.69) is 10.3 Å². The monoisotopic (exact) mass is 232 g/mol. The van der Waals surface area contributed by atoms with Crippen LogP contribution in [0.2, 0.25) is 0 Å². The number of carbonyl (C=O) groups excluding carboxylic acids is 1. The number of phenolic OH excluding ortho intramolecular Hbond substituents is 1. The molecule has 1 aromatic heterocycles. The number of benzene rings is 1. The number of para-hydroxylation sites is 1. The standard InChI is InChI=1S/C11H12N4O2/c1-15-6-9(14-11(15)12)13-10(17)7-4-2-3-5-8(7)16/h2-6,16H,1H3,(H2,12,14)(H,13,17). The molecule has 0 aliphatic rings. The average Bonchev–Trinajstić information content (AvgIpc) is 2.58. The minimum atomic E-state index is -0.429. The molecular weight excluding hydrogens is 220 g/mol. The Morgan fingerprint density at radius 3 is 2.76 bits per heavy atom. The van der Waals surface area contributed by atoms with E-state index in [0.717, 1.165) is 0 Å². The molecule has 0 aliphatic heterocycles. The van der Waals surface area contributed by atoms with Crippen LogP contribution >= 0.6 is 0 Å². The van der Waals surface area contributed by atoms with Gasteiger partial charge in [-0.1, -0.05) is 12.1 Å². The van der Waals surface area contributed by atoms with E-state index in [4.69, 9.17) is 5.73 Å². The first-order valence-electron chi connectivity index (χ1n) is 4.96. The lowest BCUT2D eigenvalue weighted by Gasteiger charge is -2.03. The Balaban J connectivity index is 2.20. The molecule has 0 radical (unpaired) electrons. The molecule has 4 N–H and O–H groups in total. The molecule has 0 spiro atoms. The van der Waals surface area contributed by atoms with Crippen molar-refractivity contribution < 1.29 is 9.90 Å². The van der Waals surface area contributed by atoms with Crippen molar-refractivity contribution in [2.45, 2.75) is 0 Å². The summed E-state index contributed by atoms with van der Waals surface area (Å²) in [5.41, 5.74) is 5.73. The number of aryl methyl sites for hydroxylation is 1. The fourth-order valence-corrected chi connectivity index (χ4v) is 1.39. The summed E-state index contributed by atoms with van der Waals surface area (Å²) in [6.45, 7) is 0. The van der Waals surface area contributed by atoms with E-state index in [0.29, 0.717) is 11.8 Å². The minimum Gasteiger partial charge on any atom is -0.507 e. The molecular formula is C11H12N4O2. The van der Waals surface area contributed by atoms with Crippen molar-refractivity contribution in [3.63, 3.8) is 0 Å². The molecule has 88 valence electrons. The van der Waals surface area contributed by atoms with Gasteiger partial charge in [-0.2, -0.15) is 4.98 Å². The van der Waals surface area contributed by atoms with Crippen LogP contribution in [0, 0.1) is 0 Å². The molecule has 0 atom stereocenters. The van der Waals surface area contributed by atoms with Crippen molar-refractivity contribution >= 4 is 17.7 Å². The lowest BCUT2D eigenvalue weighted by molar-refractivity contribution is 0.102. The maximum Gasteiger partial charge on any atom is 0.260 e. The van der Waals surface area contributed by atoms with Crippen LogP contribution in [-0.2, 0) is 7.05 Å². The second-order valence-corrected chi connectivity index (χ2v) is 3.57. The molecule has 0 saturated carbocycles. The lowest BCUT2D eigenvalue weighted by atomic mass is 10.2. The molecule has 1 heterocycles. The number of aromatic nitrogens is 2. The predicted octanol–water partition coefficient (Wildman–Crippen LogP) is 0.960. The van der Waals surface area contributed by atoms with E-state index >= 15 is 0 Å². The number of hydrogen-bond donors (Lipinski definition) is 3. The Kier molecular flexibility index (Phi) is 2.70. The number of nitrogens with zero attached hydrogens (tertiary/aromatic N) is 2. The molecule has 6 heteroatoms. The largest absolute Gasteiger partial charge is 0.507 e. The highest BCUT2D eigenvalue weighted by Gasteiger charge is 2.12. The third-order valence-electron chi connectivity index (χ3n) is 2.30. The van der Waals surface area contributed by atoms with Gasteiger partial charge in [0.15, 0.2) is 5.82 Å². The van der Waals surface area contributed by atoms with Crippen molar-refractivity contribution in [3.8, 4) is 5.75 Å². The zero-order chi connectivity index (χ0) is 12.4. The van der Waals surface area contributed by atoms with Crippen LogP contribution in [-0.4, -0.2) is 20.6 Å². The quantitative estimate of drug-likeness (QED) is 0.719. The second kappa shape index (κ2) is 4.17. The fourth-order valence-electron chi connectivity index (χ4n) is 1.39. The van der Waals surface area contributed by atoms with Gasteiger partial charge in [0.2, 0.25) is 5.95 Å². The highest BCUT2D eigenvalue weighted by Crippen LogP contribution is 2.17. The number of imidazole rings is 1. The SMILES string of the molecule is Cn1cc(NC(=O)c2ccccc2O)nc1N. The molecule has 0 saturated heterocycles. The lowest BCUT2D eigenvalue weighted by Crippen LogP contribution is -2.12.